The molecular weight excluding hydrogens is 330 g/mol. The summed E-state index contributed by atoms with van der Waals surface area (Å²) >= 11 is 7.49. The van der Waals surface area contributed by atoms with E-state index >= 15 is 0 Å². The Morgan fingerprint density at radius 2 is 2.00 bits per heavy atom. The Balaban J connectivity index is 1.70. The second-order valence-corrected chi connectivity index (χ2v) is 6.51. The summed E-state index contributed by atoms with van der Waals surface area (Å²) in [5, 5.41) is 3.66. The van der Waals surface area contributed by atoms with Crippen molar-refractivity contribution < 1.29 is 9.53 Å². The van der Waals surface area contributed by atoms with E-state index in [1.165, 1.54) is 0 Å². The van der Waals surface area contributed by atoms with Crippen LogP contribution in [0.25, 0.3) is 0 Å². The zero-order valence-corrected chi connectivity index (χ0v) is 14.6. The molecule has 0 bridgehead atoms. The van der Waals surface area contributed by atoms with Crippen molar-refractivity contribution in [1.82, 2.24) is 5.32 Å². The van der Waals surface area contributed by atoms with Gasteiger partial charge in [-0.25, -0.2) is 0 Å². The third-order valence-corrected chi connectivity index (χ3v) is 4.38. The fraction of sp³-hybridized carbons (Fsp3) is 0.278. The molecule has 2 aromatic rings. The number of carbonyl (C=O) groups excluding carboxylic acids is 1. The highest BCUT2D eigenvalue weighted by atomic mass is 35.5. The third kappa shape index (κ3) is 6.55. The molecule has 0 aliphatic heterocycles. The van der Waals surface area contributed by atoms with Crippen molar-refractivity contribution >= 4 is 29.3 Å². The van der Waals surface area contributed by atoms with Crippen molar-refractivity contribution in [3.63, 3.8) is 0 Å². The van der Waals surface area contributed by atoms with Gasteiger partial charge in [-0.05, 0) is 48.9 Å². The van der Waals surface area contributed by atoms with Crippen molar-refractivity contribution in [2.75, 3.05) is 12.4 Å². The summed E-state index contributed by atoms with van der Waals surface area (Å²) in [6.45, 7) is 3.11. The monoisotopic (exact) mass is 349 g/mol. The molecule has 1 amide bonds. The van der Waals surface area contributed by atoms with E-state index in [2.05, 4.69) is 5.32 Å². The van der Waals surface area contributed by atoms with Crippen LogP contribution in [0.15, 0.2) is 53.4 Å². The van der Waals surface area contributed by atoms with Crippen LogP contribution in [0.4, 0.5) is 0 Å². The normalized spacial score (nSPS) is 10.3. The molecule has 0 aliphatic carbocycles. The number of hydrogen-bond acceptors (Lipinski definition) is 3. The first-order chi connectivity index (χ1) is 11.2. The van der Waals surface area contributed by atoms with Gasteiger partial charge in [0.1, 0.15) is 5.75 Å². The Morgan fingerprint density at radius 1 is 1.22 bits per heavy atom. The molecule has 0 spiro atoms. The number of carbonyl (C=O) groups is 1. The number of halogens is 1. The first kappa shape index (κ1) is 17.7. The Morgan fingerprint density at radius 3 is 2.74 bits per heavy atom. The molecule has 0 aromatic heterocycles. The first-order valence-electron chi connectivity index (χ1n) is 7.54. The van der Waals surface area contributed by atoms with Gasteiger partial charge in [0.05, 0.1) is 6.61 Å². The van der Waals surface area contributed by atoms with E-state index in [-0.39, 0.29) is 5.91 Å². The molecule has 0 heterocycles. The van der Waals surface area contributed by atoms with Crippen LogP contribution in [0, 0.1) is 0 Å². The van der Waals surface area contributed by atoms with Gasteiger partial charge in [-0.3, -0.25) is 4.79 Å². The van der Waals surface area contributed by atoms with E-state index in [0.29, 0.717) is 19.6 Å². The van der Waals surface area contributed by atoms with Crippen molar-refractivity contribution in [3.05, 3.63) is 59.1 Å². The van der Waals surface area contributed by atoms with E-state index in [9.17, 15) is 4.79 Å². The fourth-order valence-corrected chi connectivity index (χ4v) is 2.97. The van der Waals surface area contributed by atoms with Crippen LogP contribution in [0.1, 0.15) is 18.9 Å². The van der Waals surface area contributed by atoms with Gasteiger partial charge in [-0.1, -0.05) is 23.7 Å². The highest BCUT2D eigenvalue weighted by Crippen LogP contribution is 2.20. The number of ether oxygens (including phenoxy) is 1. The topological polar surface area (TPSA) is 38.3 Å². The first-order valence-corrected chi connectivity index (χ1v) is 8.90. The van der Waals surface area contributed by atoms with Gasteiger partial charge in [0.25, 0.3) is 0 Å². The maximum atomic E-state index is 11.9. The fourth-order valence-electron chi connectivity index (χ4n) is 1.99. The summed E-state index contributed by atoms with van der Waals surface area (Å²) in [5.74, 6) is 1.62. The van der Waals surface area contributed by atoms with Gasteiger partial charge in [0, 0.05) is 28.6 Å². The Hall–Kier alpha value is -1.65. The number of rotatable bonds is 8. The van der Waals surface area contributed by atoms with E-state index in [0.717, 1.165) is 27.0 Å². The molecule has 5 heteroatoms. The number of hydrogen-bond donors (Lipinski definition) is 1. The predicted octanol–water partition coefficient (Wildman–Crippen LogP) is 4.54. The summed E-state index contributed by atoms with van der Waals surface area (Å²) in [5.41, 5.74) is 1.04. The van der Waals surface area contributed by atoms with Crippen molar-refractivity contribution in [3.8, 4) is 5.75 Å². The highest BCUT2D eigenvalue weighted by Gasteiger charge is 2.03. The lowest BCUT2D eigenvalue weighted by molar-refractivity contribution is -0.120. The molecule has 0 atom stereocenters. The van der Waals surface area contributed by atoms with Crippen LogP contribution in [0.2, 0.25) is 5.02 Å². The molecule has 0 aliphatic rings. The molecular formula is C18H20ClNO2S. The van der Waals surface area contributed by atoms with Crippen LogP contribution in [-0.2, 0) is 11.3 Å². The minimum atomic E-state index is 0.0493. The van der Waals surface area contributed by atoms with Gasteiger partial charge >= 0.3 is 0 Å². The number of amides is 1. The molecule has 23 heavy (non-hydrogen) atoms. The molecule has 2 rings (SSSR count). The van der Waals surface area contributed by atoms with Crippen molar-refractivity contribution in [2.24, 2.45) is 0 Å². The van der Waals surface area contributed by atoms with Gasteiger partial charge in [0.2, 0.25) is 5.91 Å². The quantitative estimate of drug-likeness (QED) is 0.711. The Labute approximate surface area is 146 Å². The minimum Gasteiger partial charge on any atom is -0.494 e. The standard InChI is InChI=1S/C18H20ClNO2S/c1-2-22-16-5-3-4-14(12-16)13-20-18(21)10-11-23-17-8-6-15(19)7-9-17/h3-9,12H,2,10-11,13H2,1H3,(H,20,21). The molecule has 0 fully saturated rings. The molecule has 0 unspecified atom stereocenters. The second-order valence-electron chi connectivity index (χ2n) is 4.91. The molecule has 0 saturated heterocycles. The zero-order chi connectivity index (χ0) is 16.5. The Kier molecular flexibility index (Phi) is 7.30. The van der Waals surface area contributed by atoms with E-state index < -0.39 is 0 Å². The van der Waals surface area contributed by atoms with Crippen LogP contribution in [0.3, 0.4) is 0 Å². The van der Waals surface area contributed by atoms with E-state index in [1.807, 2.05) is 55.5 Å². The highest BCUT2D eigenvalue weighted by molar-refractivity contribution is 7.99. The molecule has 1 N–H and O–H groups in total. The summed E-state index contributed by atoms with van der Waals surface area (Å²) in [4.78, 5) is 13.0. The van der Waals surface area contributed by atoms with Gasteiger partial charge in [0.15, 0.2) is 0 Å². The summed E-state index contributed by atoms with van der Waals surface area (Å²) in [6, 6.07) is 15.4. The van der Waals surface area contributed by atoms with Crippen LogP contribution in [0.5, 0.6) is 5.75 Å². The lowest BCUT2D eigenvalue weighted by Crippen LogP contribution is -2.23. The van der Waals surface area contributed by atoms with Crippen molar-refractivity contribution in [2.45, 2.75) is 24.8 Å². The summed E-state index contributed by atoms with van der Waals surface area (Å²) in [7, 11) is 0. The number of benzene rings is 2. The number of nitrogens with one attached hydrogen (secondary N) is 1. The Bertz CT molecular complexity index is 631. The average Bonchev–Trinajstić information content (AvgIpc) is 2.55. The lowest BCUT2D eigenvalue weighted by Gasteiger charge is -2.08. The largest absolute Gasteiger partial charge is 0.494 e. The summed E-state index contributed by atoms with van der Waals surface area (Å²) < 4.78 is 5.45. The van der Waals surface area contributed by atoms with E-state index in [4.69, 9.17) is 16.3 Å². The van der Waals surface area contributed by atoms with Gasteiger partial charge in [-0.2, -0.15) is 0 Å². The van der Waals surface area contributed by atoms with Crippen LogP contribution in [-0.4, -0.2) is 18.3 Å². The number of thioether (sulfide) groups is 1. The smallest absolute Gasteiger partial charge is 0.221 e. The zero-order valence-electron chi connectivity index (χ0n) is 13.0. The average molecular weight is 350 g/mol. The molecule has 2 aromatic carbocycles. The van der Waals surface area contributed by atoms with Gasteiger partial charge in [-0.15, -0.1) is 11.8 Å². The lowest BCUT2D eigenvalue weighted by atomic mass is 10.2. The van der Waals surface area contributed by atoms with Crippen LogP contribution < -0.4 is 10.1 Å². The van der Waals surface area contributed by atoms with Crippen molar-refractivity contribution in [1.29, 1.82) is 0 Å². The SMILES string of the molecule is CCOc1cccc(CNC(=O)CCSc2ccc(Cl)cc2)c1. The molecule has 0 saturated carbocycles. The second kappa shape index (κ2) is 9.48. The third-order valence-electron chi connectivity index (χ3n) is 3.11. The maximum Gasteiger partial charge on any atom is 0.221 e. The molecule has 0 radical (unpaired) electrons. The molecule has 122 valence electrons. The maximum absolute atomic E-state index is 11.9. The molecule has 3 nitrogen and oxygen atoms in total. The van der Waals surface area contributed by atoms with Gasteiger partial charge < -0.3 is 10.1 Å². The van der Waals surface area contributed by atoms with Crippen LogP contribution >= 0.6 is 23.4 Å². The predicted molar refractivity (Wildman–Crippen MR) is 96.3 cm³/mol. The van der Waals surface area contributed by atoms with E-state index in [1.54, 1.807) is 11.8 Å². The minimum absolute atomic E-state index is 0.0493. The summed E-state index contributed by atoms with van der Waals surface area (Å²) in [6.07, 6.45) is 0.485.